The molecular weight excluding hydrogens is 403 g/mol. The summed E-state index contributed by atoms with van der Waals surface area (Å²) >= 11 is 5.71. The van der Waals surface area contributed by atoms with Crippen LogP contribution in [0.5, 0.6) is 0 Å². The smallest absolute Gasteiger partial charge is 0.255 e. The lowest BCUT2D eigenvalue weighted by Gasteiger charge is -2.30. The number of carbonyl (C=O) groups is 1. The zero-order valence-corrected chi connectivity index (χ0v) is 17.1. The van der Waals surface area contributed by atoms with Crippen LogP contribution in [0.2, 0.25) is 5.02 Å². The molecule has 0 bridgehead atoms. The van der Waals surface area contributed by atoms with Crippen LogP contribution in [-0.2, 0) is 10.0 Å². The first-order valence-corrected chi connectivity index (χ1v) is 11.0. The van der Waals surface area contributed by atoms with Crippen LogP contribution < -0.4 is 5.32 Å². The van der Waals surface area contributed by atoms with E-state index in [4.69, 9.17) is 11.6 Å². The molecule has 1 aliphatic carbocycles. The predicted molar refractivity (Wildman–Crippen MR) is 108 cm³/mol. The van der Waals surface area contributed by atoms with Crippen molar-refractivity contribution in [2.75, 3.05) is 12.4 Å². The number of benzene rings is 2. The third kappa shape index (κ3) is 4.37. The van der Waals surface area contributed by atoms with Gasteiger partial charge >= 0.3 is 0 Å². The molecule has 0 atom stereocenters. The van der Waals surface area contributed by atoms with E-state index in [-0.39, 0.29) is 27.2 Å². The van der Waals surface area contributed by atoms with Crippen molar-refractivity contribution < 1.29 is 17.6 Å². The number of halogens is 2. The van der Waals surface area contributed by atoms with E-state index in [1.54, 1.807) is 7.05 Å². The van der Waals surface area contributed by atoms with Gasteiger partial charge in [0.1, 0.15) is 0 Å². The highest BCUT2D eigenvalue weighted by Gasteiger charge is 2.29. The summed E-state index contributed by atoms with van der Waals surface area (Å²) in [6, 6.07) is 9.95. The second kappa shape index (κ2) is 8.59. The monoisotopic (exact) mass is 424 g/mol. The number of sulfonamides is 1. The van der Waals surface area contributed by atoms with E-state index in [0.717, 1.165) is 32.1 Å². The van der Waals surface area contributed by atoms with E-state index < -0.39 is 21.7 Å². The molecule has 2 aromatic rings. The van der Waals surface area contributed by atoms with E-state index in [1.165, 1.54) is 46.8 Å². The van der Waals surface area contributed by atoms with Gasteiger partial charge in [-0.05, 0) is 49.2 Å². The molecule has 0 radical (unpaired) electrons. The number of anilines is 1. The summed E-state index contributed by atoms with van der Waals surface area (Å²) in [7, 11) is -2.02. The summed E-state index contributed by atoms with van der Waals surface area (Å²) in [5.41, 5.74) is 0.185. The van der Waals surface area contributed by atoms with Crippen molar-refractivity contribution in [1.29, 1.82) is 0 Å². The molecule has 28 heavy (non-hydrogen) atoms. The lowest BCUT2D eigenvalue weighted by atomic mass is 9.96. The summed E-state index contributed by atoms with van der Waals surface area (Å²) < 4.78 is 41.1. The average molecular weight is 425 g/mol. The second-order valence-electron chi connectivity index (χ2n) is 6.89. The van der Waals surface area contributed by atoms with Crippen LogP contribution in [-0.4, -0.2) is 31.7 Å². The van der Waals surface area contributed by atoms with Crippen LogP contribution >= 0.6 is 11.6 Å². The number of nitrogens with one attached hydrogen (secondary N) is 1. The van der Waals surface area contributed by atoms with Crippen molar-refractivity contribution >= 4 is 33.2 Å². The molecule has 1 saturated carbocycles. The molecule has 0 aromatic heterocycles. The standard InChI is InChI=1S/C20H22ClFN2O3S/c1-24(15-6-3-2-4-7-15)28(26,27)16-12-10-14(11-13-16)20(25)23-18-9-5-8-17(21)19(18)22/h5,8-13,15H,2-4,6-7H2,1H3,(H,23,25). The normalized spacial score (nSPS) is 15.6. The van der Waals surface area contributed by atoms with E-state index in [2.05, 4.69) is 5.32 Å². The van der Waals surface area contributed by atoms with Gasteiger partial charge in [0, 0.05) is 18.7 Å². The minimum Gasteiger partial charge on any atom is -0.319 e. The van der Waals surface area contributed by atoms with Crippen LogP contribution in [0.25, 0.3) is 0 Å². The van der Waals surface area contributed by atoms with Crippen molar-refractivity contribution in [2.45, 2.75) is 43.0 Å². The molecule has 0 heterocycles. The SMILES string of the molecule is CN(C1CCCCC1)S(=O)(=O)c1ccc(C(=O)Nc2cccc(Cl)c2F)cc1. The van der Waals surface area contributed by atoms with Gasteiger partial charge in [-0.15, -0.1) is 0 Å². The maximum absolute atomic E-state index is 13.9. The highest BCUT2D eigenvalue weighted by molar-refractivity contribution is 7.89. The predicted octanol–water partition coefficient (Wildman–Crippen LogP) is 4.68. The largest absolute Gasteiger partial charge is 0.319 e. The first kappa shape index (κ1) is 20.8. The zero-order chi connectivity index (χ0) is 20.3. The number of hydrogen-bond acceptors (Lipinski definition) is 3. The fraction of sp³-hybridized carbons (Fsp3) is 0.350. The third-order valence-corrected chi connectivity index (χ3v) is 7.30. The first-order chi connectivity index (χ1) is 13.3. The summed E-state index contributed by atoms with van der Waals surface area (Å²) in [5, 5.41) is 2.35. The maximum atomic E-state index is 13.9. The third-order valence-electron chi connectivity index (χ3n) is 5.08. The van der Waals surface area contributed by atoms with Crippen LogP contribution in [0, 0.1) is 5.82 Å². The van der Waals surface area contributed by atoms with Gasteiger partial charge in [0.05, 0.1) is 15.6 Å². The van der Waals surface area contributed by atoms with E-state index >= 15 is 0 Å². The van der Waals surface area contributed by atoms with Crippen molar-refractivity contribution in [1.82, 2.24) is 4.31 Å². The molecule has 5 nitrogen and oxygen atoms in total. The van der Waals surface area contributed by atoms with E-state index in [1.807, 2.05) is 0 Å². The molecule has 3 rings (SSSR count). The average Bonchev–Trinajstić information content (AvgIpc) is 2.71. The van der Waals surface area contributed by atoms with Crippen molar-refractivity contribution in [2.24, 2.45) is 0 Å². The Balaban J connectivity index is 1.75. The van der Waals surface area contributed by atoms with Crippen molar-refractivity contribution in [3.05, 3.63) is 58.9 Å². The van der Waals surface area contributed by atoms with Crippen LogP contribution in [0.15, 0.2) is 47.4 Å². The Hall–Kier alpha value is -1.96. The van der Waals surface area contributed by atoms with Crippen LogP contribution in [0.4, 0.5) is 10.1 Å². The highest BCUT2D eigenvalue weighted by Crippen LogP contribution is 2.27. The van der Waals surface area contributed by atoms with Gasteiger partial charge in [-0.25, -0.2) is 12.8 Å². The number of rotatable bonds is 5. The molecule has 150 valence electrons. The van der Waals surface area contributed by atoms with Gasteiger partial charge in [-0.2, -0.15) is 4.31 Å². The Kier molecular flexibility index (Phi) is 6.37. The fourth-order valence-electron chi connectivity index (χ4n) is 3.38. The minimum atomic E-state index is -3.63. The lowest BCUT2D eigenvalue weighted by Crippen LogP contribution is -2.38. The zero-order valence-electron chi connectivity index (χ0n) is 15.5. The summed E-state index contributed by atoms with van der Waals surface area (Å²) in [6.45, 7) is 0. The molecule has 0 saturated heterocycles. The Morgan fingerprint density at radius 2 is 1.75 bits per heavy atom. The first-order valence-electron chi connectivity index (χ1n) is 9.14. The molecular formula is C20H22ClFN2O3S. The van der Waals surface area contributed by atoms with Gasteiger partial charge < -0.3 is 5.32 Å². The molecule has 2 aromatic carbocycles. The van der Waals surface area contributed by atoms with Gasteiger partial charge in [-0.3, -0.25) is 4.79 Å². The fourth-order valence-corrected chi connectivity index (χ4v) is 4.97. The number of nitrogens with zero attached hydrogens (tertiary/aromatic N) is 1. The Morgan fingerprint density at radius 3 is 2.39 bits per heavy atom. The molecule has 1 amide bonds. The van der Waals surface area contributed by atoms with Gasteiger partial charge in [0.15, 0.2) is 5.82 Å². The van der Waals surface area contributed by atoms with Crippen LogP contribution in [0.1, 0.15) is 42.5 Å². The summed E-state index contributed by atoms with van der Waals surface area (Å²) in [5.74, 6) is -1.27. The topological polar surface area (TPSA) is 66.5 Å². The number of amides is 1. The quantitative estimate of drug-likeness (QED) is 0.757. The number of hydrogen-bond donors (Lipinski definition) is 1. The molecule has 8 heteroatoms. The summed E-state index contributed by atoms with van der Waals surface area (Å²) in [6.07, 6.45) is 4.93. The van der Waals surface area contributed by atoms with Gasteiger partial charge in [0.25, 0.3) is 5.91 Å². The Labute approximate surface area is 169 Å². The minimum absolute atomic E-state index is 0.00697. The number of carbonyl (C=O) groups excluding carboxylic acids is 1. The van der Waals surface area contributed by atoms with Gasteiger partial charge in [-0.1, -0.05) is 36.9 Å². The van der Waals surface area contributed by atoms with Crippen LogP contribution in [0.3, 0.4) is 0 Å². The lowest BCUT2D eigenvalue weighted by molar-refractivity contribution is 0.102. The molecule has 0 aliphatic heterocycles. The molecule has 1 N–H and O–H groups in total. The Bertz CT molecular complexity index is 958. The van der Waals surface area contributed by atoms with Crippen molar-refractivity contribution in [3.8, 4) is 0 Å². The van der Waals surface area contributed by atoms with E-state index in [9.17, 15) is 17.6 Å². The van der Waals surface area contributed by atoms with Crippen molar-refractivity contribution in [3.63, 3.8) is 0 Å². The molecule has 1 aliphatic rings. The Morgan fingerprint density at radius 1 is 1.11 bits per heavy atom. The highest BCUT2D eigenvalue weighted by atomic mass is 35.5. The molecule has 1 fully saturated rings. The van der Waals surface area contributed by atoms with Gasteiger partial charge in [0.2, 0.25) is 10.0 Å². The van der Waals surface area contributed by atoms with E-state index in [0.29, 0.717) is 0 Å². The molecule has 0 unspecified atom stereocenters. The maximum Gasteiger partial charge on any atom is 0.255 e. The second-order valence-corrected chi connectivity index (χ2v) is 9.30. The molecule has 0 spiro atoms. The summed E-state index contributed by atoms with van der Waals surface area (Å²) in [4.78, 5) is 12.5.